The molecule has 0 saturated heterocycles. The van der Waals surface area contributed by atoms with Gasteiger partial charge in [0.25, 0.3) is 5.82 Å². The molecular formula is C9H11N3O2. The Morgan fingerprint density at radius 3 is 3.00 bits per heavy atom. The number of carbonyl (C=O) groups excluding carboxylic acids is 1. The maximum Gasteiger partial charge on any atom is 0.254 e. The first-order chi connectivity index (χ1) is 6.56. The molecule has 5 heteroatoms. The van der Waals surface area contributed by atoms with Gasteiger partial charge in [0, 0.05) is 6.92 Å². The summed E-state index contributed by atoms with van der Waals surface area (Å²) in [7, 11) is 0. The quantitative estimate of drug-likeness (QED) is 0.573. The molecule has 1 unspecified atom stereocenters. The molecule has 0 aliphatic rings. The van der Waals surface area contributed by atoms with Crippen LogP contribution in [0.3, 0.4) is 0 Å². The van der Waals surface area contributed by atoms with E-state index >= 15 is 0 Å². The summed E-state index contributed by atoms with van der Waals surface area (Å²) in [6.07, 6.45) is 3.31. The molecule has 14 heavy (non-hydrogen) atoms. The van der Waals surface area contributed by atoms with Crippen LogP contribution in [0.15, 0.2) is 12.4 Å². The van der Waals surface area contributed by atoms with Crippen molar-refractivity contribution in [2.75, 3.05) is 0 Å². The lowest BCUT2D eigenvalue weighted by atomic mass is 10.4. The molecule has 0 bridgehead atoms. The van der Waals surface area contributed by atoms with E-state index in [9.17, 15) is 9.90 Å². The number of rotatable bonds is 3. The van der Waals surface area contributed by atoms with E-state index in [1.54, 1.807) is 30.8 Å². The first-order valence-electron chi connectivity index (χ1n) is 4.22. The normalized spacial score (nSPS) is 12.1. The summed E-state index contributed by atoms with van der Waals surface area (Å²) in [4.78, 5) is 10.4. The second-order valence-electron chi connectivity index (χ2n) is 3.06. The minimum atomic E-state index is -1.14. The Morgan fingerprint density at radius 1 is 1.86 bits per heavy atom. The van der Waals surface area contributed by atoms with Gasteiger partial charge in [-0.15, -0.1) is 0 Å². The predicted octanol–water partition coefficient (Wildman–Crippen LogP) is -1.08. The van der Waals surface area contributed by atoms with E-state index in [-0.39, 0.29) is 12.6 Å². The summed E-state index contributed by atoms with van der Waals surface area (Å²) in [5.41, 5.74) is 0. The number of carboxylic acids is 1. The van der Waals surface area contributed by atoms with Gasteiger partial charge in [0.15, 0.2) is 6.04 Å². The molecule has 0 spiro atoms. The van der Waals surface area contributed by atoms with Gasteiger partial charge in [-0.2, -0.15) is 5.26 Å². The van der Waals surface area contributed by atoms with Crippen molar-refractivity contribution >= 4 is 5.97 Å². The SMILES string of the molecule is Cc1n(C(C)C#N)cc[n+]1CC(=O)[O-]. The highest BCUT2D eigenvalue weighted by atomic mass is 16.4. The second-order valence-corrected chi connectivity index (χ2v) is 3.06. The van der Waals surface area contributed by atoms with Crippen LogP contribution in [-0.4, -0.2) is 10.5 Å². The van der Waals surface area contributed by atoms with Crippen molar-refractivity contribution in [3.8, 4) is 6.07 Å². The predicted molar refractivity (Wildman–Crippen MR) is 44.7 cm³/mol. The number of hydrogen-bond donors (Lipinski definition) is 0. The molecule has 1 atom stereocenters. The third kappa shape index (κ3) is 1.91. The molecule has 0 aliphatic heterocycles. The molecule has 0 fully saturated rings. The molecule has 1 heterocycles. The van der Waals surface area contributed by atoms with Gasteiger partial charge in [-0.25, -0.2) is 9.13 Å². The maximum atomic E-state index is 10.4. The largest absolute Gasteiger partial charge is 0.546 e. The number of carbonyl (C=O) groups is 1. The van der Waals surface area contributed by atoms with E-state index in [1.165, 1.54) is 4.57 Å². The van der Waals surface area contributed by atoms with Crippen LogP contribution >= 0.6 is 0 Å². The van der Waals surface area contributed by atoms with Crippen molar-refractivity contribution in [3.05, 3.63) is 18.2 Å². The van der Waals surface area contributed by atoms with Crippen molar-refractivity contribution in [3.63, 3.8) is 0 Å². The minimum absolute atomic E-state index is 0.184. The summed E-state index contributed by atoms with van der Waals surface area (Å²) in [6.45, 7) is 3.32. The minimum Gasteiger partial charge on any atom is -0.546 e. The third-order valence-corrected chi connectivity index (χ3v) is 2.10. The summed E-state index contributed by atoms with van der Waals surface area (Å²) < 4.78 is 3.24. The molecule has 0 aliphatic carbocycles. The zero-order chi connectivity index (χ0) is 10.7. The summed E-state index contributed by atoms with van der Waals surface area (Å²) in [5, 5.41) is 19.1. The van der Waals surface area contributed by atoms with Gasteiger partial charge in [-0.1, -0.05) is 0 Å². The van der Waals surface area contributed by atoms with Crippen molar-refractivity contribution in [1.29, 1.82) is 5.26 Å². The van der Waals surface area contributed by atoms with Crippen LogP contribution in [0.25, 0.3) is 0 Å². The fourth-order valence-electron chi connectivity index (χ4n) is 1.29. The molecule has 0 amide bonds. The third-order valence-electron chi connectivity index (χ3n) is 2.10. The van der Waals surface area contributed by atoms with E-state index in [0.717, 1.165) is 5.82 Å². The molecule has 74 valence electrons. The Morgan fingerprint density at radius 2 is 2.50 bits per heavy atom. The average molecular weight is 193 g/mol. The lowest BCUT2D eigenvalue weighted by Gasteiger charge is -2.02. The molecule has 0 radical (unpaired) electrons. The van der Waals surface area contributed by atoms with Crippen LogP contribution < -0.4 is 9.67 Å². The van der Waals surface area contributed by atoms with Crippen LogP contribution in [0.4, 0.5) is 0 Å². The van der Waals surface area contributed by atoms with Gasteiger partial charge < -0.3 is 9.90 Å². The fraction of sp³-hybridized carbons (Fsp3) is 0.444. The smallest absolute Gasteiger partial charge is 0.254 e. The summed E-state index contributed by atoms with van der Waals surface area (Å²) >= 11 is 0. The zero-order valence-corrected chi connectivity index (χ0v) is 8.10. The lowest BCUT2D eigenvalue weighted by Crippen LogP contribution is -2.45. The number of nitrogens with zero attached hydrogens (tertiary/aromatic N) is 3. The van der Waals surface area contributed by atoms with Crippen molar-refractivity contribution < 1.29 is 14.5 Å². The van der Waals surface area contributed by atoms with E-state index in [1.807, 2.05) is 0 Å². The summed E-state index contributed by atoms with van der Waals surface area (Å²) in [5.74, 6) is -0.413. The second kappa shape index (κ2) is 3.92. The van der Waals surface area contributed by atoms with Crippen LogP contribution in [0.5, 0.6) is 0 Å². The Labute approximate surface area is 81.8 Å². The number of aliphatic carboxylic acids is 1. The molecule has 1 aromatic rings. The van der Waals surface area contributed by atoms with Crippen molar-refractivity contribution in [1.82, 2.24) is 4.57 Å². The monoisotopic (exact) mass is 193 g/mol. The Hall–Kier alpha value is -1.83. The standard InChI is InChI=1S/C9H11N3O2/c1-7(5-10)12-4-3-11(8(12)2)6-9(13)14/h3-4,7H,6H2,1-2H3. The Bertz CT molecular complexity index is 389. The average Bonchev–Trinajstić information content (AvgIpc) is 2.46. The van der Waals surface area contributed by atoms with E-state index in [0.29, 0.717) is 0 Å². The highest BCUT2D eigenvalue weighted by Crippen LogP contribution is 2.05. The molecule has 0 saturated carbocycles. The highest BCUT2D eigenvalue weighted by molar-refractivity contribution is 5.62. The van der Waals surface area contributed by atoms with Gasteiger partial charge >= 0.3 is 0 Å². The van der Waals surface area contributed by atoms with Crippen molar-refractivity contribution in [2.45, 2.75) is 26.4 Å². The zero-order valence-electron chi connectivity index (χ0n) is 8.10. The van der Waals surface area contributed by atoms with Gasteiger partial charge in [-0.05, 0) is 6.92 Å². The number of nitriles is 1. The number of carboxylic acid groups (broad SMARTS) is 1. The van der Waals surface area contributed by atoms with Gasteiger partial charge in [0.2, 0.25) is 0 Å². The van der Waals surface area contributed by atoms with Crippen molar-refractivity contribution in [2.24, 2.45) is 0 Å². The number of aromatic nitrogens is 2. The first-order valence-corrected chi connectivity index (χ1v) is 4.22. The fourth-order valence-corrected chi connectivity index (χ4v) is 1.29. The molecule has 0 aromatic carbocycles. The topological polar surface area (TPSA) is 72.7 Å². The van der Waals surface area contributed by atoms with Gasteiger partial charge in [0.1, 0.15) is 25.0 Å². The van der Waals surface area contributed by atoms with E-state index < -0.39 is 5.97 Å². The molecule has 1 rings (SSSR count). The summed E-state index contributed by atoms with van der Waals surface area (Å²) in [6, 6.07) is 1.78. The Balaban J connectivity index is 2.97. The molecular weight excluding hydrogens is 182 g/mol. The van der Waals surface area contributed by atoms with E-state index in [2.05, 4.69) is 6.07 Å². The Kier molecular flexibility index (Phi) is 2.87. The maximum absolute atomic E-state index is 10.4. The molecule has 5 nitrogen and oxygen atoms in total. The van der Waals surface area contributed by atoms with Crippen LogP contribution in [0, 0.1) is 18.3 Å². The van der Waals surface area contributed by atoms with Gasteiger partial charge in [0.05, 0.1) is 5.97 Å². The van der Waals surface area contributed by atoms with Crippen LogP contribution in [-0.2, 0) is 11.3 Å². The van der Waals surface area contributed by atoms with Crippen LogP contribution in [0.1, 0.15) is 18.8 Å². The van der Waals surface area contributed by atoms with E-state index in [4.69, 9.17) is 5.26 Å². The molecule has 1 aromatic heterocycles. The van der Waals surface area contributed by atoms with Crippen LogP contribution in [0.2, 0.25) is 0 Å². The first kappa shape index (κ1) is 10.3. The lowest BCUT2D eigenvalue weighted by molar-refractivity contribution is -0.696. The van der Waals surface area contributed by atoms with Gasteiger partial charge in [-0.3, -0.25) is 0 Å². The number of imidazole rings is 1. The molecule has 0 N–H and O–H groups in total. The highest BCUT2D eigenvalue weighted by Gasteiger charge is 2.16. The number of hydrogen-bond acceptors (Lipinski definition) is 3.